The maximum Gasteiger partial charge on any atom is 0.151 e. The van der Waals surface area contributed by atoms with Crippen LogP contribution in [0, 0.1) is 6.42 Å². The second kappa shape index (κ2) is 16.8. The van der Waals surface area contributed by atoms with Gasteiger partial charge in [0.25, 0.3) is 0 Å². The summed E-state index contributed by atoms with van der Waals surface area (Å²) in [6, 6.07) is 25.1. The van der Waals surface area contributed by atoms with Crippen LogP contribution in [0.2, 0.25) is 0 Å². The molecule has 0 aliphatic rings. The van der Waals surface area contributed by atoms with Crippen LogP contribution in [-0.2, 0) is 52.6 Å². The third-order valence-corrected chi connectivity index (χ3v) is 5.64. The molecule has 0 heterocycles. The van der Waals surface area contributed by atoms with Gasteiger partial charge in [-0.05, 0) is 54.8 Å². The molecule has 1 radical (unpaired) electrons. The van der Waals surface area contributed by atoms with Gasteiger partial charge in [-0.3, -0.25) is 0 Å². The Balaban J connectivity index is 0.00000172. The Kier molecular flexibility index (Phi) is 15.0. The molecule has 38 heavy (non-hydrogen) atoms. The summed E-state index contributed by atoms with van der Waals surface area (Å²) in [5.41, 5.74) is 0.668. The Bertz CT molecular complexity index is 1000. The molecule has 1 N–H and O–H groups in total. The number of aliphatic hydroxyl groups is 1. The molecule has 3 aromatic rings. The van der Waals surface area contributed by atoms with Crippen LogP contribution >= 0.6 is 0 Å². The first-order chi connectivity index (χ1) is 17.8. The van der Waals surface area contributed by atoms with Gasteiger partial charge in [0.05, 0.1) is 33.0 Å². The fraction of sp³-hybridized carbons (Fsp3) is 0.355. The molecular formula is C31H39O6Y-. The zero-order valence-electron chi connectivity index (χ0n) is 23.2. The molecule has 0 bridgehead atoms. The zero-order chi connectivity index (χ0) is 27.3. The summed E-state index contributed by atoms with van der Waals surface area (Å²) in [5.74, 6) is 1.44. The third kappa shape index (κ3) is 8.99. The van der Waals surface area contributed by atoms with E-state index in [0.717, 1.165) is 28.2 Å². The fourth-order valence-electron chi connectivity index (χ4n) is 3.83. The first-order valence-electron chi connectivity index (χ1n) is 12.3. The molecule has 0 aliphatic heterocycles. The molecule has 1 unspecified atom stereocenters. The van der Waals surface area contributed by atoms with Gasteiger partial charge in [-0.15, -0.1) is 0 Å². The molecule has 0 saturated heterocycles. The number of rotatable bonds is 12. The monoisotopic (exact) mass is 596 g/mol. The second-order valence-electron chi connectivity index (χ2n) is 9.10. The number of aldehydes is 1. The van der Waals surface area contributed by atoms with Crippen LogP contribution in [0.3, 0.4) is 0 Å². The minimum Gasteiger partial charge on any atom is -0.497 e. The number of hydrogen-bond donors (Lipinski definition) is 1. The minimum absolute atomic E-state index is 0. The Hall–Kier alpha value is -2.09. The van der Waals surface area contributed by atoms with E-state index in [4.69, 9.17) is 18.9 Å². The van der Waals surface area contributed by atoms with Gasteiger partial charge in [-0.1, -0.05) is 54.6 Å². The molecule has 0 amide bonds. The first kappa shape index (κ1) is 33.9. The van der Waals surface area contributed by atoms with E-state index >= 15 is 0 Å². The molecule has 0 aromatic heterocycles. The maximum atomic E-state index is 11.9. The van der Waals surface area contributed by atoms with Crippen molar-refractivity contribution in [3.63, 3.8) is 0 Å². The van der Waals surface area contributed by atoms with Crippen LogP contribution in [0.4, 0.5) is 0 Å². The number of methoxy groups -OCH3 is 2. The first-order valence-corrected chi connectivity index (χ1v) is 12.3. The summed E-state index contributed by atoms with van der Waals surface area (Å²) < 4.78 is 23.2. The molecule has 203 valence electrons. The van der Waals surface area contributed by atoms with E-state index in [2.05, 4.69) is 0 Å². The molecule has 0 spiro atoms. The van der Waals surface area contributed by atoms with Crippen molar-refractivity contribution >= 4 is 6.29 Å². The van der Waals surface area contributed by atoms with Gasteiger partial charge < -0.3 is 35.3 Å². The minimum atomic E-state index is -1.05. The molecule has 1 atom stereocenters. The van der Waals surface area contributed by atoms with Crippen LogP contribution in [0.15, 0.2) is 78.9 Å². The van der Waals surface area contributed by atoms with Gasteiger partial charge in [-0.2, -0.15) is 13.8 Å². The topological polar surface area (TPSA) is 74.2 Å². The average Bonchev–Trinajstić information content (AvgIpc) is 2.94. The summed E-state index contributed by atoms with van der Waals surface area (Å²) in [7, 11) is 3.24. The Morgan fingerprint density at radius 2 is 1.24 bits per heavy atom. The number of carbonyl (C=O) groups excluding carboxylic acids is 1. The third-order valence-electron chi connectivity index (χ3n) is 5.64. The summed E-state index contributed by atoms with van der Waals surface area (Å²) >= 11 is 0. The van der Waals surface area contributed by atoms with Crippen molar-refractivity contribution in [3.8, 4) is 11.5 Å². The quantitative estimate of drug-likeness (QED) is 0.167. The summed E-state index contributed by atoms with van der Waals surface area (Å²) in [5, 5.41) is 9.59. The molecule has 7 heteroatoms. The predicted molar refractivity (Wildman–Crippen MR) is 146 cm³/mol. The standard InChI is InChI=1S/C28H32O6.C3H7.Y/c1-27(2,20-30)34-26(18-29)19-33-28(21-8-6-5-7-9-21,22-10-14-24(31-3)15-11-22)23-12-16-25(32-4)17-13-23;1-3-2;/h5-18,26,30H,19-20H2,1-4H3;3H,1-2H3;/q;-1;. The second-order valence-corrected chi connectivity index (χ2v) is 9.10. The van der Waals surface area contributed by atoms with E-state index < -0.39 is 17.3 Å². The van der Waals surface area contributed by atoms with Crippen LogP contribution < -0.4 is 9.47 Å². The Labute approximate surface area is 252 Å². The SMILES string of the molecule is COc1ccc(C(OCC(C=O)OC(C)(C)CO)(c2ccccc2)c2ccc(OC)cc2)cc1.C[CH-]C.[Y]. The summed E-state index contributed by atoms with van der Waals surface area (Å²) in [6.45, 7) is 7.19. The van der Waals surface area contributed by atoms with Crippen molar-refractivity contribution in [2.75, 3.05) is 27.4 Å². The zero-order valence-corrected chi connectivity index (χ0v) is 26.1. The van der Waals surface area contributed by atoms with Gasteiger partial charge in [-0.25, -0.2) is 0 Å². The number of ether oxygens (including phenoxy) is 4. The van der Waals surface area contributed by atoms with E-state index in [1.807, 2.05) is 99.1 Å². The molecule has 6 nitrogen and oxygen atoms in total. The summed E-state index contributed by atoms with van der Waals surface area (Å²) in [6.07, 6.45) is 1.83. The number of hydrogen-bond acceptors (Lipinski definition) is 6. The van der Waals surface area contributed by atoms with E-state index in [0.29, 0.717) is 6.29 Å². The van der Waals surface area contributed by atoms with Crippen molar-refractivity contribution in [2.45, 2.75) is 45.0 Å². The van der Waals surface area contributed by atoms with Crippen molar-refractivity contribution in [2.24, 2.45) is 0 Å². The van der Waals surface area contributed by atoms with Gasteiger partial charge in [0, 0.05) is 32.7 Å². The van der Waals surface area contributed by atoms with E-state index in [1.165, 1.54) is 0 Å². The van der Waals surface area contributed by atoms with Crippen LogP contribution in [0.1, 0.15) is 44.4 Å². The smallest absolute Gasteiger partial charge is 0.151 e. The largest absolute Gasteiger partial charge is 0.497 e. The van der Waals surface area contributed by atoms with Gasteiger partial charge in [0.15, 0.2) is 6.29 Å². The average molecular weight is 597 g/mol. The Morgan fingerprint density at radius 3 is 1.61 bits per heavy atom. The number of benzene rings is 3. The van der Waals surface area contributed by atoms with Crippen molar-refractivity contribution in [1.29, 1.82) is 0 Å². The fourth-order valence-corrected chi connectivity index (χ4v) is 3.83. The number of aliphatic hydroxyl groups excluding tert-OH is 1. The van der Waals surface area contributed by atoms with E-state index in [1.54, 1.807) is 28.1 Å². The molecule has 3 aromatic carbocycles. The van der Waals surface area contributed by atoms with E-state index in [-0.39, 0.29) is 45.9 Å². The molecule has 0 saturated carbocycles. The van der Waals surface area contributed by atoms with Crippen molar-refractivity contribution in [3.05, 3.63) is 102 Å². The van der Waals surface area contributed by atoms with Gasteiger partial charge in [0.2, 0.25) is 0 Å². The van der Waals surface area contributed by atoms with Gasteiger partial charge >= 0.3 is 0 Å². The van der Waals surface area contributed by atoms with Crippen LogP contribution in [-0.4, -0.2) is 50.5 Å². The summed E-state index contributed by atoms with van der Waals surface area (Å²) in [4.78, 5) is 11.9. The van der Waals surface area contributed by atoms with Crippen LogP contribution in [0.25, 0.3) is 0 Å². The molecule has 3 rings (SSSR count). The number of carbonyl (C=O) groups is 1. The van der Waals surface area contributed by atoms with Crippen LogP contribution in [0.5, 0.6) is 11.5 Å². The molecule has 0 aliphatic carbocycles. The van der Waals surface area contributed by atoms with Crippen molar-refractivity contribution in [1.82, 2.24) is 0 Å². The van der Waals surface area contributed by atoms with E-state index in [9.17, 15) is 9.90 Å². The van der Waals surface area contributed by atoms with Crippen molar-refractivity contribution < 1.29 is 61.6 Å². The predicted octanol–water partition coefficient (Wildman–Crippen LogP) is 5.60. The van der Waals surface area contributed by atoms with Gasteiger partial charge in [0.1, 0.15) is 23.2 Å². The Morgan fingerprint density at radius 1 is 0.816 bits per heavy atom. The molecular weight excluding hydrogens is 557 g/mol. The normalized spacial score (nSPS) is 11.9. The molecule has 0 fully saturated rings. The maximum absolute atomic E-state index is 11.9.